The number of nitrogens with zero attached hydrogens (tertiary/aromatic N) is 2. The minimum Gasteiger partial charge on any atom is -0.388 e. The predicted octanol–water partition coefficient (Wildman–Crippen LogP) is 6.77. The van der Waals surface area contributed by atoms with Crippen molar-refractivity contribution >= 4 is 17.1 Å². The fraction of sp³-hybridized carbons (Fsp3) is 0.250. The summed E-state index contributed by atoms with van der Waals surface area (Å²) >= 11 is 0. The lowest BCUT2D eigenvalue weighted by Crippen LogP contribution is -2.24. The molecule has 0 aliphatic carbocycles. The molecule has 2 N–H and O–H groups in total. The Hall–Kier alpha value is -3.53. The zero-order valence-electron chi connectivity index (χ0n) is 20.1. The first kappa shape index (κ1) is 24.7. The van der Waals surface area contributed by atoms with Crippen LogP contribution in [0.3, 0.4) is 0 Å². The van der Waals surface area contributed by atoms with Crippen molar-refractivity contribution in [3.63, 3.8) is 0 Å². The van der Waals surface area contributed by atoms with Gasteiger partial charge in [0.1, 0.15) is 0 Å². The summed E-state index contributed by atoms with van der Waals surface area (Å²) in [5.74, 6) is 0. The van der Waals surface area contributed by atoms with Gasteiger partial charge >= 0.3 is 0 Å². The van der Waals surface area contributed by atoms with Gasteiger partial charge in [0.05, 0.1) is 11.7 Å². The summed E-state index contributed by atoms with van der Waals surface area (Å²) in [5, 5.41) is 6.31. The third-order valence-electron chi connectivity index (χ3n) is 5.15. The standard InChI is InChI=1S/C18H19N3.C8H11N.C2H6/c1-19-15-9-4-3-8-14(15)17-11-7-12-18(21(17)2)16-10-5-6-13-20-16;1-7-3-5-8(9-2)6-4-7;1-2/h3-13,18-19H,1-2H3;3-6,9H,1-2H3;1-2H3. The van der Waals surface area contributed by atoms with E-state index in [0.29, 0.717) is 0 Å². The maximum atomic E-state index is 4.49. The maximum Gasteiger partial charge on any atom is 0.0897 e. The summed E-state index contributed by atoms with van der Waals surface area (Å²) in [6.45, 7) is 6.08. The highest BCUT2D eigenvalue weighted by molar-refractivity contribution is 5.77. The monoisotopic (exact) mass is 428 g/mol. The second-order valence-electron chi connectivity index (χ2n) is 7.16. The lowest BCUT2D eigenvalue weighted by atomic mass is 10.0. The maximum absolute atomic E-state index is 4.49. The number of nitrogens with one attached hydrogen (secondary N) is 2. The highest BCUT2D eigenvalue weighted by Crippen LogP contribution is 2.34. The first-order valence-corrected chi connectivity index (χ1v) is 11.2. The summed E-state index contributed by atoms with van der Waals surface area (Å²) in [6, 6.07) is 22.9. The topological polar surface area (TPSA) is 40.2 Å². The third-order valence-corrected chi connectivity index (χ3v) is 5.15. The Bertz CT molecular complexity index is 991. The van der Waals surface area contributed by atoms with Gasteiger partial charge in [-0.15, -0.1) is 0 Å². The second kappa shape index (κ2) is 13.0. The molecule has 32 heavy (non-hydrogen) atoms. The molecular formula is C28H36N4. The summed E-state index contributed by atoms with van der Waals surface area (Å²) < 4.78 is 0. The summed E-state index contributed by atoms with van der Waals surface area (Å²) in [6.07, 6.45) is 8.28. The van der Waals surface area contributed by atoms with Gasteiger partial charge in [0.25, 0.3) is 0 Å². The van der Waals surface area contributed by atoms with Gasteiger partial charge in [0.15, 0.2) is 0 Å². The van der Waals surface area contributed by atoms with Crippen molar-refractivity contribution in [1.82, 2.24) is 9.88 Å². The highest BCUT2D eigenvalue weighted by atomic mass is 15.2. The van der Waals surface area contributed by atoms with Gasteiger partial charge in [-0.25, -0.2) is 0 Å². The third kappa shape index (κ3) is 6.48. The number of pyridine rings is 1. The van der Waals surface area contributed by atoms with E-state index in [0.717, 1.165) is 11.4 Å². The Morgan fingerprint density at radius 3 is 2.16 bits per heavy atom. The molecule has 0 amide bonds. The summed E-state index contributed by atoms with van der Waals surface area (Å²) in [7, 11) is 5.99. The molecule has 4 heteroatoms. The number of hydrogen-bond acceptors (Lipinski definition) is 4. The molecule has 0 saturated heterocycles. The molecule has 168 valence electrons. The normalized spacial score (nSPS) is 14.2. The van der Waals surface area contributed by atoms with E-state index >= 15 is 0 Å². The Labute approximate surface area is 193 Å². The number of aryl methyl sites for hydroxylation is 1. The Morgan fingerprint density at radius 2 is 1.53 bits per heavy atom. The van der Waals surface area contributed by atoms with Crippen molar-refractivity contribution in [2.45, 2.75) is 26.8 Å². The molecule has 2 aromatic carbocycles. The van der Waals surface area contributed by atoms with Crippen LogP contribution in [0, 0.1) is 6.92 Å². The van der Waals surface area contributed by atoms with E-state index in [4.69, 9.17) is 0 Å². The first-order chi connectivity index (χ1) is 15.6. The Balaban J connectivity index is 0.000000277. The van der Waals surface area contributed by atoms with Crippen LogP contribution in [0.25, 0.3) is 5.70 Å². The molecule has 4 rings (SSSR count). The van der Waals surface area contributed by atoms with E-state index in [1.165, 1.54) is 22.5 Å². The number of para-hydroxylation sites is 1. The van der Waals surface area contributed by atoms with Crippen LogP contribution in [0.5, 0.6) is 0 Å². The molecule has 0 spiro atoms. The van der Waals surface area contributed by atoms with Crippen LogP contribution in [0.1, 0.15) is 36.7 Å². The first-order valence-electron chi connectivity index (χ1n) is 11.2. The molecule has 0 saturated carbocycles. The second-order valence-corrected chi connectivity index (χ2v) is 7.16. The molecule has 0 fully saturated rings. The van der Waals surface area contributed by atoms with E-state index in [9.17, 15) is 0 Å². The van der Waals surface area contributed by atoms with Gasteiger partial charge in [0, 0.05) is 50.0 Å². The number of rotatable bonds is 4. The number of hydrogen-bond donors (Lipinski definition) is 2. The molecule has 1 aromatic heterocycles. The number of aromatic nitrogens is 1. The minimum atomic E-state index is 0.163. The van der Waals surface area contributed by atoms with E-state index in [-0.39, 0.29) is 6.04 Å². The van der Waals surface area contributed by atoms with E-state index in [1.54, 1.807) is 0 Å². The SMILES string of the molecule is CC.CNc1ccc(C)cc1.CNc1ccccc1C1=CC=CC(c2ccccn2)N1C. The molecule has 0 radical (unpaired) electrons. The van der Waals surface area contributed by atoms with Crippen molar-refractivity contribution in [3.05, 3.63) is 108 Å². The van der Waals surface area contributed by atoms with Crippen LogP contribution in [0.15, 0.2) is 91.2 Å². The molecule has 1 atom stereocenters. The molecule has 0 bridgehead atoms. The fourth-order valence-corrected chi connectivity index (χ4v) is 3.42. The van der Waals surface area contributed by atoms with Crippen molar-refractivity contribution in [1.29, 1.82) is 0 Å². The smallest absolute Gasteiger partial charge is 0.0897 e. The Morgan fingerprint density at radius 1 is 0.844 bits per heavy atom. The van der Waals surface area contributed by atoms with Crippen LogP contribution in [0.4, 0.5) is 11.4 Å². The largest absolute Gasteiger partial charge is 0.388 e. The quantitative estimate of drug-likeness (QED) is 0.481. The number of benzene rings is 2. The van der Waals surface area contributed by atoms with Crippen molar-refractivity contribution < 1.29 is 0 Å². The van der Waals surface area contributed by atoms with E-state index in [2.05, 4.69) is 101 Å². The lowest BCUT2D eigenvalue weighted by molar-refractivity contribution is 0.405. The number of likely N-dealkylation sites (N-methyl/N-ethyl adjacent to an activating group) is 1. The van der Waals surface area contributed by atoms with Gasteiger partial charge in [-0.2, -0.15) is 0 Å². The average molecular weight is 429 g/mol. The minimum absolute atomic E-state index is 0.163. The van der Waals surface area contributed by atoms with Crippen LogP contribution in [0.2, 0.25) is 0 Å². The van der Waals surface area contributed by atoms with E-state index in [1.807, 2.05) is 52.3 Å². The zero-order chi connectivity index (χ0) is 23.3. The molecule has 1 unspecified atom stereocenters. The average Bonchev–Trinajstić information content (AvgIpc) is 2.87. The Kier molecular flexibility index (Phi) is 10.1. The summed E-state index contributed by atoms with van der Waals surface area (Å²) in [5.41, 5.74) is 7.05. The van der Waals surface area contributed by atoms with E-state index < -0.39 is 0 Å². The predicted molar refractivity (Wildman–Crippen MR) is 140 cm³/mol. The summed E-state index contributed by atoms with van der Waals surface area (Å²) in [4.78, 5) is 6.75. The molecule has 3 aromatic rings. The van der Waals surface area contributed by atoms with Crippen LogP contribution >= 0.6 is 0 Å². The van der Waals surface area contributed by atoms with Gasteiger partial charge < -0.3 is 15.5 Å². The number of allylic oxidation sites excluding steroid dienone is 2. The van der Waals surface area contributed by atoms with Crippen LogP contribution < -0.4 is 10.6 Å². The fourth-order valence-electron chi connectivity index (χ4n) is 3.42. The van der Waals surface area contributed by atoms with Crippen LogP contribution in [-0.4, -0.2) is 31.0 Å². The van der Waals surface area contributed by atoms with Crippen molar-refractivity contribution in [2.75, 3.05) is 31.8 Å². The molecule has 1 aliphatic rings. The molecule has 1 aliphatic heterocycles. The van der Waals surface area contributed by atoms with Crippen molar-refractivity contribution in [3.8, 4) is 0 Å². The highest BCUT2D eigenvalue weighted by Gasteiger charge is 2.22. The lowest BCUT2D eigenvalue weighted by Gasteiger charge is -2.32. The van der Waals surface area contributed by atoms with Gasteiger partial charge in [-0.1, -0.05) is 68.0 Å². The molecule has 2 heterocycles. The van der Waals surface area contributed by atoms with Gasteiger partial charge in [0.2, 0.25) is 0 Å². The van der Waals surface area contributed by atoms with Gasteiger partial charge in [-0.05, 0) is 43.3 Å². The number of anilines is 2. The molecular weight excluding hydrogens is 392 g/mol. The van der Waals surface area contributed by atoms with Gasteiger partial charge in [-0.3, -0.25) is 4.98 Å². The zero-order valence-corrected chi connectivity index (χ0v) is 20.1. The molecule has 4 nitrogen and oxygen atoms in total. The van der Waals surface area contributed by atoms with Crippen LogP contribution in [-0.2, 0) is 0 Å². The van der Waals surface area contributed by atoms with Crippen molar-refractivity contribution in [2.24, 2.45) is 0 Å².